The van der Waals surface area contributed by atoms with Gasteiger partial charge in [-0.1, -0.05) is 0 Å². The fraction of sp³-hybridized carbons (Fsp3) is 0.423. The summed E-state index contributed by atoms with van der Waals surface area (Å²) in [7, 11) is 2.15. The van der Waals surface area contributed by atoms with Crippen molar-refractivity contribution in [2.45, 2.75) is 25.4 Å². The van der Waals surface area contributed by atoms with E-state index in [0.29, 0.717) is 29.4 Å². The maximum atomic E-state index is 15.1. The Morgan fingerprint density at radius 2 is 1.91 bits per heavy atom. The fourth-order valence-electron chi connectivity index (χ4n) is 5.50. The SMILES string of the molecule is Cc1cc(-c2ccnc(Nc3ccc(N4C[C@@H]5C[C@H]4CN5C)c(F)c3)n2)cnc1N1CCOCC1. The number of hydrogen-bond acceptors (Lipinski definition) is 8. The molecule has 0 unspecified atom stereocenters. The number of benzene rings is 1. The Balaban J connectivity index is 1.18. The Morgan fingerprint density at radius 3 is 2.63 bits per heavy atom. The van der Waals surface area contributed by atoms with Gasteiger partial charge in [-0.25, -0.2) is 19.3 Å². The van der Waals surface area contributed by atoms with Crippen LogP contribution in [0, 0.1) is 12.7 Å². The number of nitrogens with zero attached hydrogens (tertiary/aromatic N) is 6. The zero-order chi connectivity index (χ0) is 23.9. The highest BCUT2D eigenvalue weighted by molar-refractivity contribution is 5.66. The largest absolute Gasteiger partial charge is 0.378 e. The molecule has 2 atom stereocenters. The average Bonchev–Trinajstić information content (AvgIpc) is 3.44. The summed E-state index contributed by atoms with van der Waals surface area (Å²) in [6.45, 7) is 7.08. The first kappa shape index (κ1) is 22.2. The molecule has 35 heavy (non-hydrogen) atoms. The van der Waals surface area contributed by atoms with Gasteiger partial charge in [-0.05, 0) is 56.3 Å². The van der Waals surface area contributed by atoms with E-state index in [1.807, 2.05) is 24.4 Å². The van der Waals surface area contributed by atoms with E-state index in [1.165, 1.54) is 6.07 Å². The summed E-state index contributed by atoms with van der Waals surface area (Å²) < 4.78 is 20.5. The summed E-state index contributed by atoms with van der Waals surface area (Å²) >= 11 is 0. The zero-order valence-corrected chi connectivity index (χ0v) is 20.1. The Labute approximate surface area is 204 Å². The summed E-state index contributed by atoms with van der Waals surface area (Å²) in [5, 5.41) is 3.16. The third kappa shape index (κ3) is 4.30. The number of pyridine rings is 1. The molecule has 3 aromatic rings. The van der Waals surface area contributed by atoms with Crippen molar-refractivity contribution >= 4 is 23.1 Å². The predicted molar refractivity (Wildman–Crippen MR) is 135 cm³/mol. The highest BCUT2D eigenvalue weighted by Gasteiger charge is 2.42. The monoisotopic (exact) mass is 475 g/mol. The number of hydrogen-bond donors (Lipinski definition) is 1. The Hall–Kier alpha value is -3.30. The molecule has 2 bridgehead atoms. The standard InChI is InChI=1S/C26H30FN7O/c1-17-11-18(14-29-25(17)33-7-9-35-10-8-33)23-5-6-28-26(31-23)30-19-3-4-24(22(27)12-19)34-16-20-13-21(34)15-32(20)2/h3-6,11-12,14,20-21H,7-10,13,15-16H2,1-2H3,(H,28,30,31)/t20-,21-/m0/s1. The maximum Gasteiger partial charge on any atom is 0.227 e. The predicted octanol–water partition coefficient (Wildman–Crippen LogP) is 3.46. The lowest BCUT2D eigenvalue weighted by atomic mass is 10.1. The number of fused-ring (bicyclic) bond motifs is 2. The van der Waals surface area contributed by atoms with Crippen molar-refractivity contribution in [1.82, 2.24) is 19.9 Å². The number of likely N-dealkylation sites (N-methyl/N-ethyl adjacent to an activating group) is 1. The van der Waals surface area contributed by atoms with E-state index in [2.05, 4.69) is 50.0 Å². The molecule has 0 radical (unpaired) electrons. The lowest BCUT2D eigenvalue weighted by molar-refractivity contribution is 0.122. The van der Waals surface area contributed by atoms with Gasteiger partial charge in [-0.3, -0.25) is 4.90 Å². The summed E-state index contributed by atoms with van der Waals surface area (Å²) in [6.07, 6.45) is 4.66. The molecule has 1 aromatic carbocycles. The molecule has 3 aliphatic heterocycles. The van der Waals surface area contributed by atoms with E-state index in [9.17, 15) is 0 Å². The van der Waals surface area contributed by atoms with Crippen LogP contribution in [0.4, 0.5) is 27.5 Å². The molecule has 0 amide bonds. The molecule has 9 heteroatoms. The van der Waals surface area contributed by atoms with Crippen LogP contribution in [0.15, 0.2) is 42.7 Å². The van der Waals surface area contributed by atoms with Gasteiger partial charge in [0.2, 0.25) is 5.95 Å². The number of ether oxygens (including phenoxy) is 1. The number of morpholine rings is 1. The van der Waals surface area contributed by atoms with Gasteiger partial charge in [0, 0.05) is 61.9 Å². The molecule has 0 aliphatic carbocycles. The maximum absolute atomic E-state index is 15.1. The molecule has 1 N–H and O–H groups in total. The minimum atomic E-state index is -0.222. The van der Waals surface area contributed by atoms with Crippen LogP contribution < -0.4 is 15.1 Å². The van der Waals surface area contributed by atoms with Crippen LogP contribution in [0.5, 0.6) is 0 Å². The normalized spacial score (nSPS) is 22.1. The molecule has 0 saturated carbocycles. The molecule has 3 aliphatic rings. The number of nitrogens with one attached hydrogen (secondary N) is 1. The van der Waals surface area contributed by atoms with Crippen molar-refractivity contribution in [2.75, 3.05) is 61.6 Å². The Bertz CT molecular complexity index is 1230. The molecule has 0 spiro atoms. The molecule has 3 saturated heterocycles. The Kier molecular flexibility index (Phi) is 5.74. The van der Waals surface area contributed by atoms with Crippen molar-refractivity contribution < 1.29 is 9.13 Å². The second-order valence-electron chi connectivity index (χ2n) is 9.66. The van der Waals surface area contributed by atoms with Crippen LogP contribution in [0.3, 0.4) is 0 Å². The van der Waals surface area contributed by atoms with Crippen molar-refractivity contribution in [3.63, 3.8) is 0 Å². The van der Waals surface area contributed by atoms with E-state index < -0.39 is 0 Å². The molecular weight excluding hydrogens is 445 g/mol. The van der Waals surface area contributed by atoms with Crippen molar-refractivity contribution in [2.24, 2.45) is 0 Å². The molecule has 8 nitrogen and oxygen atoms in total. The van der Waals surface area contributed by atoms with Crippen LogP contribution in [-0.2, 0) is 4.74 Å². The average molecular weight is 476 g/mol. The van der Waals surface area contributed by atoms with Gasteiger partial charge >= 0.3 is 0 Å². The first-order valence-electron chi connectivity index (χ1n) is 12.2. The number of halogens is 1. The molecular formula is C26H30FN7O. The molecule has 3 fully saturated rings. The van der Waals surface area contributed by atoms with E-state index in [4.69, 9.17) is 9.72 Å². The van der Waals surface area contributed by atoms with E-state index in [1.54, 1.807) is 6.20 Å². The number of anilines is 4. The van der Waals surface area contributed by atoms with E-state index >= 15 is 4.39 Å². The first-order valence-corrected chi connectivity index (χ1v) is 12.2. The van der Waals surface area contributed by atoms with Crippen molar-refractivity contribution in [1.29, 1.82) is 0 Å². The van der Waals surface area contributed by atoms with Crippen LogP contribution in [0.1, 0.15) is 12.0 Å². The molecule has 6 rings (SSSR count). The number of likely N-dealkylation sites (tertiary alicyclic amines) is 1. The fourth-order valence-corrected chi connectivity index (χ4v) is 5.50. The van der Waals surface area contributed by atoms with Crippen molar-refractivity contribution in [3.05, 3.63) is 54.1 Å². The van der Waals surface area contributed by atoms with Gasteiger partial charge < -0.3 is 19.9 Å². The minimum absolute atomic E-state index is 0.222. The number of rotatable bonds is 5. The third-order valence-electron chi connectivity index (χ3n) is 7.34. The summed E-state index contributed by atoms with van der Waals surface area (Å²) in [6, 6.07) is 10.2. The quantitative estimate of drug-likeness (QED) is 0.602. The third-order valence-corrected chi connectivity index (χ3v) is 7.34. The molecule has 182 valence electrons. The van der Waals surface area contributed by atoms with Crippen LogP contribution >= 0.6 is 0 Å². The molecule has 2 aromatic heterocycles. The highest BCUT2D eigenvalue weighted by Crippen LogP contribution is 2.36. The second-order valence-corrected chi connectivity index (χ2v) is 9.66. The molecule has 5 heterocycles. The smallest absolute Gasteiger partial charge is 0.227 e. The van der Waals surface area contributed by atoms with Crippen LogP contribution in [0.2, 0.25) is 0 Å². The topological polar surface area (TPSA) is 69.7 Å². The summed E-state index contributed by atoms with van der Waals surface area (Å²) in [5.74, 6) is 1.18. The van der Waals surface area contributed by atoms with Gasteiger partial charge in [0.05, 0.1) is 24.6 Å². The van der Waals surface area contributed by atoms with E-state index in [0.717, 1.165) is 68.5 Å². The number of aryl methyl sites for hydroxylation is 1. The minimum Gasteiger partial charge on any atom is -0.378 e. The lowest BCUT2D eigenvalue weighted by Crippen LogP contribution is -2.44. The van der Waals surface area contributed by atoms with Gasteiger partial charge in [0.25, 0.3) is 0 Å². The van der Waals surface area contributed by atoms with Gasteiger partial charge in [-0.2, -0.15) is 0 Å². The lowest BCUT2D eigenvalue weighted by Gasteiger charge is -2.33. The van der Waals surface area contributed by atoms with Gasteiger partial charge in [0.1, 0.15) is 11.6 Å². The van der Waals surface area contributed by atoms with Crippen molar-refractivity contribution in [3.8, 4) is 11.3 Å². The summed E-state index contributed by atoms with van der Waals surface area (Å²) in [4.78, 5) is 20.5. The van der Waals surface area contributed by atoms with Gasteiger partial charge in [0.15, 0.2) is 0 Å². The number of aromatic nitrogens is 3. The highest BCUT2D eigenvalue weighted by atomic mass is 19.1. The van der Waals surface area contributed by atoms with Gasteiger partial charge in [-0.15, -0.1) is 0 Å². The second kappa shape index (κ2) is 9.05. The first-order chi connectivity index (χ1) is 17.0. The number of piperazine rings is 1. The van der Waals surface area contributed by atoms with Crippen LogP contribution in [0.25, 0.3) is 11.3 Å². The summed E-state index contributed by atoms with van der Waals surface area (Å²) in [5.41, 5.74) is 4.08. The Morgan fingerprint density at radius 1 is 1.06 bits per heavy atom. The van der Waals surface area contributed by atoms with Crippen LogP contribution in [-0.4, -0.2) is 78.4 Å². The van der Waals surface area contributed by atoms with E-state index in [-0.39, 0.29) is 5.82 Å². The zero-order valence-electron chi connectivity index (χ0n) is 20.1.